The first-order valence-electron chi connectivity index (χ1n) is 7.48. The summed E-state index contributed by atoms with van der Waals surface area (Å²) >= 11 is 0. The van der Waals surface area contributed by atoms with E-state index >= 15 is 0 Å². The van der Waals surface area contributed by atoms with Gasteiger partial charge in [-0.25, -0.2) is 4.79 Å². The summed E-state index contributed by atoms with van der Waals surface area (Å²) in [6.45, 7) is 2.10. The predicted octanol–water partition coefficient (Wildman–Crippen LogP) is 4.77. The topological polar surface area (TPSA) is 41.7 Å². The molecular formula is C20H15NO2. The number of rotatable bonds is 2. The van der Waals surface area contributed by atoms with E-state index in [-0.39, 0.29) is 0 Å². The zero-order valence-electron chi connectivity index (χ0n) is 12.7. The Kier molecular flexibility index (Phi) is 2.95. The maximum absolute atomic E-state index is 11.2. The van der Waals surface area contributed by atoms with Crippen molar-refractivity contribution in [3.63, 3.8) is 0 Å². The zero-order valence-corrected chi connectivity index (χ0v) is 12.7. The molecule has 2 aromatic heterocycles. The fourth-order valence-electron chi connectivity index (χ4n) is 3.08. The van der Waals surface area contributed by atoms with Crippen molar-refractivity contribution in [3.05, 3.63) is 78.0 Å². The molecule has 0 atom stereocenters. The maximum atomic E-state index is 11.2. The summed E-state index contributed by atoms with van der Waals surface area (Å²) in [6.07, 6.45) is 1.67. The van der Waals surface area contributed by atoms with Crippen molar-refractivity contribution in [1.82, 2.24) is 4.40 Å². The minimum absolute atomic E-state index is 0.306. The van der Waals surface area contributed by atoms with E-state index in [0.29, 0.717) is 5.56 Å². The van der Waals surface area contributed by atoms with Crippen LogP contribution in [0.4, 0.5) is 0 Å². The number of carbonyl (C=O) groups is 1. The highest BCUT2D eigenvalue weighted by molar-refractivity contribution is 5.93. The van der Waals surface area contributed by atoms with Crippen molar-refractivity contribution in [2.24, 2.45) is 0 Å². The maximum Gasteiger partial charge on any atom is 0.337 e. The van der Waals surface area contributed by atoms with Crippen LogP contribution < -0.4 is 0 Å². The number of aromatic nitrogens is 1. The Balaban J connectivity index is 1.95. The van der Waals surface area contributed by atoms with E-state index in [9.17, 15) is 4.79 Å². The van der Waals surface area contributed by atoms with E-state index in [2.05, 4.69) is 37.3 Å². The molecule has 3 heteroatoms. The number of aryl methyl sites for hydroxylation is 1. The van der Waals surface area contributed by atoms with Gasteiger partial charge >= 0.3 is 5.97 Å². The molecule has 0 saturated heterocycles. The van der Waals surface area contributed by atoms with Gasteiger partial charge in [-0.2, -0.15) is 0 Å². The van der Waals surface area contributed by atoms with Crippen LogP contribution in [0.5, 0.6) is 0 Å². The normalized spacial score (nSPS) is 11.2. The minimum Gasteiger partial charge on any atom is -0.478 e. The quantitative estimate of drug-likeness (QED) is 0.579. The van der Waals surface area contributed by atoms with Crippen molar-refractivity contribution in [2.45, 2.75) is 6.92 Å². The van der Waals surface area contributed by atoms with Crippen LogP contribution in [0, 0.1) is 6.92 Å². The molecule has 2 heterocycles. The van der Waals surface area contributed by atoms with Crippen molar-refractivity contribution in [3.8, 4) is 11.1 Å². The highest BCUT2D eigenvalue weighted by atomic mass is 16.4. The molecule has 1 N–H and O–H groups in total. The van der Waals surface area contributed by atoms with Crippen LogP contribution in [-0.2, 0) is 0 Å². The lowest BCUT2D eigenvalue weighted by atomic mass is 9.99. The van der Waals surface area contributed by atoms with E-state index in [1.54, 1.807) is 12.3 Å². The van der Waals surface area contributed by atoms with Crippen LogP contribution in [0.25, 0.3) is 27.5 Å². The van der Waals surface area contributed by atoms with Crippen molar-refractivity contribution >= 4 is 22.4 Å². The van der Waals surface area contributed by atoms with Crippen molar-refractivity contribution < 1.29 is 9.90 Å². The number of benzene rings is 2. The lowest BCUT2D eigenvalue weighted by molar-refractivity contribution is 0.0697. The Hall–Kier alpha value is -3.07. The fraction of sp³-hybridized carbons (Fsp3) is 0.0500. The molecule has 3 nitrogen and oxygen atoms in total. The number of pyridine rings is 1. The van der Waals surface area contributed by atoms with E-state index in [1.165, 1.54) is 16.7 Å². The Morgan fingerprint density at radius 1 is 1.00 bits per heavy atom. The number of nitrogens with zero attached hydrogens (tertiary/aromatic N) is 1. The smallest absolute Gasteiger partial charge is 0.337 e. The monoisotopic (exact) mass is 301 g/mol. The highest BCUT2D eigenvalue weighted by Gasteiger charge is 2.09. The Morgan fingerprint density at radius 3 is 2.61 bits per heavy atom. The molecule has 4 rings (SSSR count). The van der Waals surface area contributed by atoms with E-state index in [4.69, 9.17) is 5.11 Å². The van der Waals surface area contributed by atoms with E-state index in [0.717, 1.165) is 16.4 Å². The van der Waals surface area contributed by atoms with Gasteiger partial charge in [0.05, 0.1) is 11.1 Å². The molecule has 0 aliphatic rings. The number of hydrogen-bond donors (Lipinski definition) is 1. The van der Waals surface area contributed by atoms with Gasteiger partial charge in [0, 0.05) is 11.7 Å². The molecule has 0 aliphatic carbocycles. The first-order chi connectivity index (χ1) is 11.1. The van der Waals surface area contributed by atoms with Crippen LogP contribution >= 0.6 is 0 Å². The second-order valence-corrected chi connectivity index (χ2v) is 5.75. The highest BCUT2D eigenvalue weighted by Crippen LogP contribution is 2.28. The summed E-state index contributed by atoms with van der Waals surface area (Å²) in [5.41, 5.74) is 5.82. The first kappa shape index (κ1) is 13.6. The summed E-state index contributed by atoms with van der Waals surface area (Å²) in [5.74, 6) is -0.904. The second kappa shape index (κ2) is 4.99. The molecule has 0 fully saturated rings. The lowest BCUT2D eigenvalue weighted by Crippen LogP contribution is -1.92. The third-order valence-electron chi connectivity index (χ3n) is 4.27. The van der Waals surface area contributed by atoms with Gasteiger partial charge in [0.2, 0.25) is 0 Å². The SMILES string of the molecule is Cc1ccccc1-c1ccc2c(ccc3cc(C(=O)O)cn32)c1. The Bertz CT molecular complexity index is 1060. The zero-order chi connectivity index (χ0) is 16.0. The van der Waals surface area contributed by atoms with Gasteiger partial charge in [-0.1, -0.05) is 36.4 Å². The van der Waals surface area contributed by atoms with Gasteiger partial charge in [-0.15, -0.1) is 0 Å². The van der Waals surface area contributed by atoms with Crippen LogP contribution in [0.15, 0.2) is 66.9 Å². The molecule has 23 heavy (non-hydrogen) atoms. The molecule has 0 radical (unpaired) electrons. The third kappa shape index (κ3) is 2.18. The summed E-state index contributed by atoms with van der Waals surface area (Å²) < 4.78 is 1.93. The standard InChI is InChI=1S/C20H15NO2/c1-13-4-2-3-5-18(13)14-7-9-19-15(10-14)6-8-17-11-16(20(22)23)12-21(17)19/h2-12H,1H3,(H,22,23). The summed E-state index contributed by atoms with van der Waals surface area (Å²) in [4.78, 5) is 11.2. The van der Waals surface area contributed by atoms with E-state index < -0.39 is 5.97 Å². The van der Waals surface area contributed by atoms with Gasteiger partial charge in [-0.05, 0) is 53.3 Å². The molecule has 112 valence electrons. The van der Waals surface area contributed by atoms with Gasteiger partial charge in [0.15, 0.2) is 0 Å². The van der Waals surface area contributed by atoms with E-state index in [1.807, 2.05) is 28.7 Å². The number of carboxylic acid groups (broad SMARTS) is 1. The molecule has 0 amide bonds. The molecule has 2 aromatic carbocycles. The van der Waals surface area contributed by atoms with Gasteiger partial charge < -0.3 is 9.51 Å². The lowest BCUT2D eigenvalue weighted by Gasteiger charge is -2.08. The molecule has 4 aromatic rings. The third-order valence-corrected chi connectivity index (χ3v) is 4.27. The fourth-order valence-corrected chi connectivity index (χ4v) is 3.08. The molecule has 0 saturated carbocycles. The molecule has 0 spiro atoms. The van der Waals surface area contributed by atoms with Gasteiger partial charge in [0.25, 0.3) is 0 Å². The predicted molar refractivity (Wildman–Crippen MR) is 92.0 cm³/mol. The van der Waals surface area contributed by atoms with Gasteiger partial charge in [0.1, 0.15) is 0 Å². The Labute approximate surface area is 133 Å². The summed E-state index contributed by atoms with van der Waals surface area (Å²) in [7, 11) is 0. The largest absolute Gasteiger partial charge is 0.478 e. The molecular weight excluding hydrogens is 286 g/mol. The summed E-state index contributed by atoms with van der Waals surface area (Å²) in [5, 5.41) is 10.3. The average molecular weight is 301 g/mol. The number of aromatic carboxylic acids is 1. The van der Waals surface area contributed by atoms with Crippen molar-refractivity contribution in [1.29, 1.82) is 0 Å². The first-order valence-corrected chi connectivity index (χ1v) is 7.48. The molecule has 0 aliphatic heterocycles. The van der Waals surface area contributed by atoms with Crippen LogP contribution in [-0.4, -0.2) is 15.5 Å². The molecule has 0 bridgehead atoms. The van der Waals surface area contributed by atoms with Crippen LogP contribution in [0.2, 0.25) is 0 Å². The van der Waals surface area contributed by atoms with Gasteiger partial charge in [-0.3, -0.25) is 0 Å². The van der Waals surface area contributed by atoms with Crippen LogP contribution in [0.1, 0.15) is 15.9 Å². The number of fused-ring (bicyclic) bond motifs is 3. The average Bonchev–Trinajstić information content (AvgIpc) is 2.99. The summed E-state index contributed by atoms with van der Waals surface area (Å²) in [6, 6.07) is 20.3. The van der Waals surface area contributed by atoms with Crippen molar-refractivity contribution in [2.75, 3.05) is 0 Å². The van der Waals surface area contributed by atoms with Crippen LogP contribution in [0.3, 0.4) is 0 Å². The number of hydrogen-bond acceptors (Lipinski definition) is 1. The second-order valence-electron chi connectivity index (χ2n) is 5.75. The minimum atomic E-state index is -0.904. The Morgan fingerprint density at radius 2 is 1.83 bits per heavy atom. The molecule has 0 unspecified atom stereocenters. The number of carboxylic acids is 1.